The second-order valence-corrected chi connectivity index (χ2v) is 8.15. The van der Waals surface area contributed by atoms with Gasteiger partial charge in [-0.2, -0.15) is 0 Å². The number of rotatable bonds is 6. The molecule has 0 unspecified atom stereocenters. The van der Waals surface area contributed by atoms with Crippen molar-refractivity contribution in [2.24, 2.45) is 13.0 Å². The highest BCUT2D eigenvalue weighted by Gasteiger charge is 2.26. The van der Waals surface area contributed by atoms with Gasteiger partial charge in [-0.25, -0.2) is 4.98 Å². The van der Waals surface area contributed by atoms with Crippen LogP contribution >= 0.6 is 0 Å². The maximum Gasteiger partial charge on any atom is 0.223 e. The summed E-state index contributed by atoms with van der Waals surface area (Å²) in [5.74, 6) is 0.320. The van der Waals surface area contributed by atoms with Crippen LogP contribution in [0.15, 0.2) is 54.9 Å². The highest BCUT2D eigenvalue weighted by molar-refractivity contribution is 5.80. The third kappa shape index (κ3) is 4.51. The molecule has 1 aromatic carbocycles. The molecular weight excluding hydrogens is 360 g/mol. The van der Waals surface area contributed by atoms with E-state index in [4.69, 9.17) is 0 Å². The van der Waals surface area contributed by atoms with Crippen LogP contribution in [0.25, 0.3) is 11.0 Å². The van der Waals surface area contributed by atoms with E-state index in [1.807, 2.05) is 30.5 Å². The molecule has 3 heterocycles. The van der Waals surface area contributed by atoms with E-state index in [-0.39, 0.29) is 17.9 Å². The van der Waals surface area contributed by atoms with E-state index in [9.17, 15) is 4.79 Å². The van der Waals surface area contributed by atoms with Crippen LogP contribution in [0, 0.1) is 5.92 Å². The molecule has 3 aromatic rings. The van der Waals surface area contributed by atoms with E-state index >= 15 is 0 Å². The van der Waals surface area contributed by atoms with Gasteiger partial charge in [0, 0.05) is 37.3 Å². The fourth-order valence-corrected chi connectivity index (χ4v) is 4.35. The maximum atomic E-state index is 12.7. The number of hydrogen-bond donors (Lipinski definition) is 1. The number of benzene rings is 1. The lowest BCUT2D eigenvalue weighted by Gasteiger charge is -2.31. The van der Waals surface area contributed by atoms with Crippen LogP contribution in [0.1, 0.15) is 36.9 Å². The molecule has 1 aliphatic heterocycles. The smallest absolute Gasteiger partial charge is 0.223 e. The molecule has 2 aromatic heterocycles. The predicted octanol–water partition coefficient (Wildman–Crippen LogP) is 3.71. The SMILES string of the molecule is C[C@@H](NC(=O)C1CCN(CCc2cn(C)c3ncccc23)CC1)c1ccccc1. The zero-order valence-electron chi connectivity index (χ0n) is 17.3. The minimum absolute atomic E-state index is 0.0571. The van der Waals surface area contributed by atoms with Crippen molar-refractivity contribution in [1.29, 1.82) is 0 Å². The first-order chi connectivity index (χ1) is 14.1. The molecule has 1 N–H and O–H groups in total. The number of piperidine rings is 1. The molecule has 5 heteroatoms. The molecule has 0 bridgehead atoms. The van der Waals surface area contributed by atoms with Crippen molar-refractivity contribution < 1.29 is 4.79 Å². The zero-order valence-corrected chi connectivity index (χ0v) is 17.3. The van der Waals surface area contributed by atoms with E-state index < -0.39 is 0 Å². The molecule has 0 aliphatic carbocycles. The summed E-state index contributed by atoms with van der Waals surface area (Å²) in [7, 11) is 2.05. The number of amides is 1. The Morgan fingerprint density at radius 3 is 2.69 bits per heavy atom. The van der Waals surface area contributed by atoms with Gasteiger partial charge in [0.1, 0.15) is 5.65 Å². The third-order valence-electron chi connectivity index (χ3n) is 6.13. The van der Waals surface area contributed by atoms with Crippen LogP contribution in [0.2, 0.25) is 0 Å². The van der Waals surface area contributed by atoms with Crippen molar-refractivity contribution in [2.75, 3.05) is 19.6 Å². The quantitative estimate of drug-likeness (QED) is 0.698. The lowest BCUT2D eigenvalue weighted by Crippen LogP contribution is -2.41. The minimum Gasteiger partial charge on any atom is -0.349 e. The highest BCUT2D eigenvalue weighted by atomic mass is 16.1. The van der Waals surface area contributed by atoms with Crippen molar-refractivity contribution in [3.63, 3.8) is 0 Å². The average molecular weight is 391 g/mol. The first-order valence-electron chi connectivity index (χ1n) is 10.6. The maximum absolute atomic E-state index is 12.7. The van der Waals surface area contributed by atoms with Crippen molar-refractivity contribution >= 4 is 16.9 Å². The van der Waals surface area contributed by atoms with Crippen LogP contribution < -0.4 is 5.32 Å². The second kappa shape index (κ2) is 8.78. The van der Waals surface area contributed by atoms with Crippen LogP contribution in [-0.4, -0.2) is 40.0 Å². The largest absolute Gasteiger partial charge is 0.349 e. The Labute approximate surface area is 172 Å². The first kappa shape index (κ1) is 19.6. The van der Waals surface area contributed by atoms with Gasteiger partial charge in [-0.15, -0.1) is 0 Å². The molecule has 0 saturated carbocycles. The van der Waals surface area contributed by atoms with Crippen molar-refractivity contribution in [2.45, 2.75) is 32.2 Å². The number of carbonyl (C=O) groups is 1. The van der Waals surface area contributed by atoms with Crippen LogP contribution in [-0.2, 0) is 18.3 Å². The number of aryl methyl sites for hydroxylation is 1. The van der Waals surface area contributed by atoms with E-state index in [0.717, 1.165) is 50.1 Å². The number of aromatic nitrogens is 2. The van der Waals surface area contributed by atoms with Gasteiger partial charge >= 0.3 is 0 Å². The van der Waals surface area contributed by atoms with Gasteiger partial charge in [0.2, 0.25) is 5.91 Å². The predicted molar refractivity (Wildman–Crippen MR) is 117 cm³/mol. The third-order valence-corrected chi connectivity index (χ3v) is 6.13. The monoisotopic (exact) mass is 390 g/mol. The van der Waals surface area contributed by atoms with Crippen molar-refractivity contribution in [3.05, 3.63) is 66.0 Å². The van der Waals surface area contributed by atoms with Crippen LogP contribution in [0.4, 0.5) is 0 Å². The van der Waals surface area contributed by atoms with Gasteiger partial charge in [-0.3, -0.25) is 4.79 Å². The van der Waals surface area contributed by atoms with E-state index in [1.165, 1.54) is 10.9 Å². The highest BCUT2D eigenvalue weighted by Crippen LogP contribution is 2.22. The Morgan fingerprint density at radius 1 is 1.17 bits per heavy atom. The number of hydrogen-bond acceptors (Lipinski definition) is 3. The molecule has 4 rings (SSSR count). The number of nitrogens with zero attached hydrogens (tertiary/aromatic N) is 3. The summed E-state index contributed by atoms with van der Waals surface area (Å²) in [6.45, 7) is 5.06. The summed E-state index contributed by atoms with van der Waals surface area (Å²) in [6.07, 6.45) is 6.93. The lowest BCUT2D eigenvalue weighted by molar-refractivity contribution is -0.127. The van der Waals surface area contributed by atoms with E-state index in [0.29, 0.717) is 0 Å². The lowest BCUT2D eigenvalue weighted by atomic mass is 9.95. The summed E-state index contributed by atoms with van der Waals surface area (Å²) < 4.78 is 2.11. The average Bonchev–Trinajstić information content (AvgIpc) is 3.09. The van der Waals surface area contributed by atoms with E-state index in [2.05, 4.69) is 58.1 Å². The summed E-state index contributed by atoms with van der Waals surface area (Å²) in [5, 5.41) is 4.44. The van der Waals surface area contributed by atoms with Crippen LogP contribution in [0.5, 0.6) is 0 Å². The summed E-state index contributed by atoms with van der Waals surface area (Å²) in [6, 6.07) is 14.4. The number of likely N-dealkylation sites (tertiary alicyclic amines) is 1. The van der Waals surface area contributed by atoms with Crippen molar-refractivity contribution in [3.8, 4) is 0 Å². The van der Waals surface area contributed by atoms with Gasteiger partial charge in [0.15, 0.2) is 0 Å². The van der Waals surface area contributed by atoms with Gasteiger partial charge in [-0.1, -0.05) is 30.3 Å². The Kier molecular flexibility index (Phi) is 5.95. The number of pyridine rings is 1. The Hall–Kier alpha value is -2.66. The molecule has 1 aliphatic rings. The molecule has 1 amide bonds. The molecule has 152 valence electrons. The summed E-state index contributed by atoms with van der Waals surface area (Å²) in [4.78, 5) is 19.6. The topological polar surface area (TPSA) is 50.2 Å². The Bertz CT molecular complexity index is 957. The number of carbonyl (C=O) groups excluding carboxylic acids is 1. The summed E-state index contributed by atoms with van der Waals surface area (Å²) >= 11 is 0. The molecule has 29 heavy (non-hydrogen) atoms. The Balaban J connectivity index is 1.26. The summed E-state index contributed by atoms with van der Waals surface area (Å²) in [5.41, 5.74) is 3.56. The molecule has 5 nitrogen and oxygen atoms in total. The molecule has 1 atom stereocenters. The fraction of sp³-hybridized carbons (Fsp3) is 0.417. The molecule has 1 saturated heterocycles. The second-order valence-electron chi connectivity index (χ2n) is 8.15. The molecular formula is C24H30N4O. The first-order valence-corrected chi connectivity index (χ1v) is 10.6. The normalized spacial score (nSPS) is 16.8. The van der Waals surface area contributed by atoms with Crippen molar-refractivity contribution in [1.82, 2.24) is 19.8 Å². The zero-order chi connectivity index (χ0) is 20.2. The number of fused-ring (bicyclic) bond motifs is 1. The molecule has 0 radical (unpaired) electrons. The molecule has 0 spiro atoms. The fourth-order valence-electron chi connectivity index (χ4n) is 4.35. The molecule has 1 fully saturated rings. The van der Waals surface area contributed by atoms with Gasteiger partial charge in [-0.05, 0) is 62.5 Å². The van der Waals surface area contributed by atoms with Gasteiger partial charge < -0.3 is 14.8 Å². The van der Waals surface area contributed by atoms with Gasteiger partial charge in [0.25, 0.3) is 0 Å². The van der Waals surface area contributed by atoms with E-state index in [1.54, 1.807) is 0 Å². The van der Waals surface area contributed by atoms with Crippen LogP contribution in [0.3, 0.4) is 0 Å². The van der Waals surface area contributed by atoms with Gasteiger partial charge in [0.05, 0.1) is 6.04 Å². The minimum atomic E-state index is 0.0571. The number of nitrogens with one attached hydrogen (secondary N) is 1. The Morgan fingerprint density at radius 2 is 1.93 bits per heavy atom. The standard InChI is InChI=1S/C24H30N4O/c1-18(19-7-4-3-5-8-19)26-24(29)20-10-14-28(15-11-20)16-12-21-17-27(2)23-22(21)9-6-13-25-23/h3-9,13,17-18,20H,10-12,14-16H2,1-2H3,(H,26,29)/t18-/m1/s1.